The van der Waals surface area contributed by atoms with Crippen LogP contribution in [0.1, 0.15) is 0 Å². The summed E-state index contributed by atoms with van der Waals surface area (Å²) in [7, 11) is 1.81. The van der Waals surface area contributed by atoms with E-state index in [1.807, 2.05) is 13.1 Å². The Morgan fingerprint density at radius 1 is 1.33 bits per heavy atom. The van der Waals surface area contributed by atoms with Gasteiger partial charge in [0.2, 0.25) is 0 Å². The molecule has 2 heterocycles. The highest BCUT2D eigenvalue weighted by molar-refractivity contribution is 9.10. The number of rotatable bonds is 2. The molecule has 0 spiro atoms. The van der Waals surface area contributed by atoms with Crippen molar-refractivity contribution in [2.24, 2.45) is 7.05 Å². The number of nitrogens with zero attached hydrogens (tertiary/aromatic N) is 3. The largest absolute Gasteiger partial charge is 0.306 e. The molecule has 3 aromatic rings. The molecule has 0 atom stereocenters. The summed E-state index contributed by atoms with van der Waals surface area (Å²) in [6, 6.07) is 6.77. The van der Waals surface area contributed by atoms with Crippen molar-refractivity contribution in [2.45, 2.75) is 0 Å². The Morgan fingerprint density at radius 3 is 2.86 bits per heavy atom. The van der Waals surface area contributed by atoms with Gasteiger partial charge in [-0.25, -0.2) is 4.98 Å². The van der Waals surface area contributed by atoms with Gasteiger partial charge in [-0.1, -0.05) is 27.5 Å². The molecule has 0 saturated heterocycles. The van der Waals surface area contributed by atoms with Crippen molar-refractivity contribution in [1.29, 1.82) is 0 Å². The summed E-state index contributed by atoms with van der Waals surface area (Å²) in [5.74, 6) is 0.454. The van der Waals surface area contributed by atoms with Gasteiger partial charge in [0.15, 0.2) is 0 Å². The van der Waals surface area contributed by atoms with E-state index in [4.69, 9.17) is 11.6 Å². The number of benzene rings is 1. The van der Waals surface area contributed by atoms with Gasteiger partial charge in [-0.15, -0.1) is 0 Å². The van der Waals surface area contributed by atoms with Gasteiger partial charge in [0.1, 0.15) is 5.82 Å². The third-order valence-corrected chi connectivity index (χ3v) is 3.85. The van der Waals surface area contributed by atoms with Gasteiger partial charge in [-0.3, -0.25) is 9.48 Å². The van der Waals surface area contributed by atoms with E-state index in [-0.39, 0.29) is 5.56 Å². The van der Waals surface area contributed by atoms with Crippen LogP contribution < -0.4 is 5.56 Å². The quantitative estimate of drug-likeness (QED) is 0.758. The molecule has 5 nitrogen and oxygen atoms in total. The first kappa shape index (κ1) is 14.0. The summed E-state index contributed by atoms with van der Waals surface area (Å²) in [6.07, 6.45) is 3.47. The monoisotopic (exact) mass is 364 g/mol. The van der Waals surface area contributed by atoms with Gasteiger partial charge in [-0.05, 0) is 18.2 Å². The van der Waals surface area contributed by atoms with E-state index in [0.717, 1.165) is 15.6 Å². The Balaban J connectivity index is 2.18. The third-order valence-electron chi connectivity index (χ3n) is 2.93. The average molecular weight is 366 g/mol. The highest BCUT2D eigenvalue weighted by Gasteiger charge is 2.10. The Kier molecular flexibility index (Phi) is 3.65. The molecule has 0 aliphatic rings. The first-order chi connectivity index (χ1) is 10.0. The van der Waals surface area contributed by atoms with Gasteiger partial charge in [0, 0.05) is 39.9 Å². The lowest BCUT2D eigenvalue weighted by Gasteiger charge is -2.06. The molecule has 21 heavy (non-hydrogen) atoms. The molecule has 0 unspecified atom stereocenters. The van der Waals surface area contributed by atoms with E-state index in [1.54, 1.807) is 29.2 Å². The fourth-order valence-electron chi connectivity index (χ4n) is 1.97. The number of nitrogens with one attached hydrogen (secondary N) is 1. The van der Waals surface area contributed by atoms with Crippen LogP contribution in [0.3, 0.4) is 0 Å². The van der Waals surface area contributed by atoms with Crippen LogP contribution in [-0.2, 0) is 7.05 Å². The van der Waals surface area contributed by atoms with E-state index < -0.39 is 0 Å². The number of hydrogen-bond donors (Lipinski definition) is 1. The second kappa shape index (κ2) is 5.46. The standard InChI is InChI=1S/C14H10BrClN4O/c1-20-7-8(6-17-20)12-5-13(21)19-14(18-12)10-4-9(16)2-3-11(10)15/h2-7H,1H3,(H,18,19,21). The van der Waals surface area contributed by atoms with Gasteiger partial charge in [-0.2, -0.15) is 5.10 Å². The molecule has 0 bridgehead atoms. The normalized spacial score (nSPS) is 10.8. The number of aryl methyl sites for hydroxylation is 1. The van der Waals surface area contributed by atoms with E-state index in [2.05, 4.69) is 31.0 Å². The lowest BCUT2D eigenvalue weighted by Crippen LogP contribution is -2.08. The van der Waals surface area contributed by atoms with Crippen LogP contribution >= 0.6 is 27.5 Å². The van der Waals surface area contributed by atoms with Crippen LogP contribution in [-0.4, -0.2) is 19.7 Å². The second-order valence-electron chi connectivity index (χ2n) is 4.51. The number of aromatic nitrogens is 4. The summed E-state index contributed by atoms with van der Waals surface area (Å²) in [5.41, 5.74) is 1.84. The van der Waals surface area contributed by atoms with Crippen molar-refractivity contribution in [3.05, 3.63) is 56.5 Å². The number of H-pyrrole nitrogens is 1. The summed E-state index contributed by atoms with van der Waals surface area (Å²) in [6.45, 7) is 0. The molecule has 7 heteroatoms. The molecule has 0 fully saturated rings. The molecule has 1 N–H and O–H groups in total. The van der Waals surface area contributed by atoms with Gasteiger partial charge >= 0.3 is 0 Å². The van der Waals surface area contributed by atoms with Crippen LogP contribution in [0.5, 0.6) is 0 Å². The van der Waals surface area contributed by atoms with Crippen molar-refractivity contribution >= 4 is 27.5 Å². The van der Waals surface area contributed by atoms with Crippen LogP contribution in [0.25, 0.3) is 22.6 Å². The maximum Gasteiger partial charge on any atom is 0.251 e. The van der Waals surface area contributed by atoms with Gasteiger partial charge < -0.3 is 4.98 Å². The number of hydrogen-bond acceptors (Lipinski definition) is 3. The van der Waals surface area contributed by atoms with Gasteiger partial charge in [0.25, 0.3) is 5.56 Å². The molecular weight excluding hydrogens is 356 g/mol. The fraction of sp³-hybridized carbons (Fsp3) is 0.0714. The molecule has 0 aliphatic heterocycles. The fourth-order valence-corrected chi connectivity index (χ4v) is 2.57. The second-order valence-corrected chi connectivity index (χ2v) is 5.80. The highest BCUT2D eigenvalue weighted by atomic mass is 79.9. The molecule has 1 aromatic carbocycles. The first-order valence-electron chi connectivity index (χ1n) is 6.09. The number of aromatic amines is 1. The topological polar surface area (TPSA) is 63.6 Å². The molecule has 0 saturated carbocycles. The lowest BCUT2D eigenvalue weighted by atomic mass is 10.2. The molecule has 2 aromatic heterocycles. The van der Waals surface area contributed by atoms with Crippen LogP contribution in [0.15, 0.2) is 45.9 Å². The highest BCUT2D eigenvalue weighted by Crippen LogP contribution is 2.29. The van der Waals surface area contributed by atoms with Crippen molar-refractivity contribution in [1.82, 2.24) is 19.7 Å². The van der Waals surface area contributed by atoms with Gasteiger partial charge in [0.05, 0.1) is 11.9 Å². The summed E-state index contributed by atoms with van der Waals surface area (Å²) in [5, 5.41) is 4.66. The zero-order chi connectivity index (χ0) is 15.0. The molecule has 0 radical (unpaired) electrons. The minimum Gasteiger partial charge on any atom is -0.306 e. The third kappa shape index (κ3) is 2.91. The Hall–Kier alpha value is -1.92. The molecule has 0 amide bonds. The maximum atomic E-state index is 11.9. The van der Waals surface area contributed by atoms with Crippen molar-refractivity contribution < 1.29 is 0 Å². The minimum atomic E-state index is -0.231. The maximum absolute atomic E-state index is 11.9. The van der Waals surface area contributed by atoms with Crippen LogP contribution in [0, 0.1) is 0 Å². The van der Waals surface area contributed by atoms with E-state index in [0.29, 0.717) is 16.5 Å². The van der Waals surface area contributed by atoms with E-state index in [1.165, 1.54) is 6.07 Å². The zero-order valence-electron chi connectivity index (χ0n) is 11.0. The summed E-state index contributed by atoms with van der Waals surface area (Å²) in [4.78, 5) is 19.1. The van der Waals surface area contributed by atoms with E-state index in [9.17, 15) is 4.79 Å². The first-order valence-corrected chi connectivity index (χ1v) is 7.26. The predicted octanol–water partition coefficient (Wildman–Crippen LogP) is 3.25. The Bertz CT molecular complexity index is 871. The summed E-state index contributed by atoms with van der Waals surface area (Å²) >= 11 is 9.45. The van der Waals surface area contributed by atoms with Crippen molar-refractivity contribution in [3.8, 4) is 22.6 Å². The summed E-state index contributed by atoms with van der Waals surface area (Å²) < 4.78 is 2.46. The smallest absolute Gasteiger partial charge is 0.251 e. The predicted molar refractivity (Wildman–Crippen MR) is 85.2 cm³/mol. The molecule has 106 valence electrons. The Morgan fingerprint density at radius 2 is 2.14 bits per heavy atom. The average Bonchev–Trinajstić information content (AvgIpc) is 2.87. The van der Waals surface area contributed by atoms with Crippen LogP contribution in [0.4, 0.5) is 0 Å². The molecule has 0 aliphatic carbocycles. The molecule has 3 rings (SSSR count). The van der Waals surface area contributed by atoms with Crippen molar-refractivity contribution in [3.63, 3.8) is 0 Å². The lowest BCUT2D eigenvalue weighted by molar-refractivity contribution is 0.768. The Labute approximate surface area is 133 Å². The van der Waals surface area contributed by atoms with Crippen molar-refractivity contribution in [2.75, 3.05) is 0 Å². The minimum absolute atomic E-state index is 0.231. The molecular formula is C14H10BrClN4O. The van der Waals surface area contributed by atoms with Crippen LogP contribution in [0.2, 0.25) is 5.02 Å². The SMILES string of the molecule is Cn1cc(-c2cc(=O)[nH]c(-c3cc(Cl)ccc3Br)n2)cn1. The zero-order valence-corrected chi connectivity index (χ0v) is 13.3. The number of halogens is 2. The van der Waals surface area contributed by atoms with E-state index >= 15 is 0 Å².